The maximum Gasteiger partial charge on any atom is 0.407 e. The van der Waals surface area contributed by atoms with Crippen LogP contribution in [0.2, 0.25) is 0 Å². The van der Waals surface area contributed by atoms with E-state index in [-0.39, 0.29) is 6.61 Å². The van der Waals surface area contributed by atoms with Crippen LogP contribution in [0.15, 0.2) is 0 Å². The summed E-state index contributed by atoms with van der Waals surface area (Å²) in [5.74, 6) is 0. The fourth-order valence-electron chi connectivity index (χ4n) is 0.680. The zero-order valence-electron chi connectivity index (χ0n) is 5.89. The molecule has 0 aromatic rings. The van der Waals surface area contributed by atoms with Crippen LogP contribution < -0.4 is 5.32 Å². The molecule has 1 fully saturated rings. The van der Waals surface area contributed by atoms with Crippen molar-refractivity contribution in [2.45, 2.75) is 18.4 Å². The minimum atomic E-state index is -0.542. The van der Waals surface area contributed by atoms with Gasteiger partial charge in [-0.2, -0.15) is 0 Å². The molecule has 0 aromatic carbocycles. The number of rotatable bonds is 2. The van der Waals surface area contributed by atoms with Crippen molar-refractivity contribution in [3.05, 3.63) is 0 Å². The Kier molecular flexibility index (Phi) is 1.80. The van der Waals surface area contributed by atoms with E-state index in [2.05, 4.69) is 5.32 Å². The van der Waals surface area contributed by atoms with Crippen LogP contribution in [-0.2, 0) is 4.74 Å². The maximum atomic E-state index is 10.6. The van der Waals surface area contributed by atoms with Crippen LogP contribution >= 0.6 is 0 Å². The summed E-state index contributed by atoms with van der Waals surface area (Å²) in [5, 5.41) is 11.0. The van der Waals surface area contributed by atoms with Gasteiger partial charge in [-0.15, -0.1) is 0 Å². The number of amides is 1. The first-order valence-corrected chi connectivity index (χ1v) is 3.24. The first-order chi connectivity index (χ1) is 4.72. The molecule has 0 radical (unpaired) electrons. The lowest BCUT2D eigenvalue weighted by molar-refractivity contribution is 0.0419. The van der Waals surface area contributed by atoms with Crippen LogP contribution in [0.1, 0.15) is 12.8 Å². The maximum absolute atomic E-state index is 10.6. The average molecular weight is 145 g/mol. The summed E-state index contributed by atoms with van der Waals surface area (Å²) in [5.41, 5.74) is -0.542. The van der Waals surface area contributed by atoms with Crippen LogP contribution in [0.4, 0.5) is 4.79 Å². The van der Waals surface area contributed by atoms with E-state index >= 15 is 0 Å². The van der Waals surface area contributed by atoms with Gasteiger partial charge in [-0.25, -0.2) is 4.79 Å². The third kappa shape index (κ3) is 1.39. The van der Waals surface area contributed by atoms with Crippen LogP contribution in [-0.4, -0.2) is 30.5 Å². The van der Waals surface area contributed by atoms with E-state index < -0.39 is 11.7 Å². The summed E-state index contributed by atoms with van der Waals surface area (Å²) in [6.07, 6.45) is 1.08. The van der Waals surface area contributed by atoms with Crippen molar-refractivity contribution in [1.29, 1.82) is 0 Å². The van der Waals surface area contributed by atoms with Gasteiger partial charge in [0.15, 0.2) is 0 Å². The van der Waals surface area contributed by atoms with Gasteiger partial charge >= 0.3 is 6.09 Å². The number of alkyl carbamates (subject to hydrolysis) is 1. The quantitative estimate of drug-likeness (QED) is 0.569. The molecule has 0 unspecified atom stereocenters. The van der Waals surface area contributed by atoms with Crippen LogP contribution in [0.25, 0.3) is 0 Å². The number of hydrogen-bond acceptors (Lipinski definition) is 3. The van der Waals surface area contributed by atoms with Gasteiger partial charge in [0.2, 0.25) is 0 Å². The Morgan fingerprint density at radius 2 is 2.40 bits per heavy atom. The zero-order chi connectivity index (χ0) is 7.61. The minimum absolute atomic E-state index is 0.0690. The highest BCUT2D eigenvalue weighted by Gasteiger charge is 2.46. The molecule has 10 heavy (non-hydrogen) atoms. The zero-order valence-corrected chi connectivity index (χ0v) is 5.89. The van der Waals surface area contributed by atoms with E-state index in [4.69, 9.17) is 9.84 Å². The number of aliphatic hydroxyl groups is 1. The predicted octanol–water partition coefficient (Wildman–Crippen LogP) is -0.133. The summed E-state index contributed by atoms with van der Waals surface area (Å²) in [6.45, 7) is -0.0690. The van der Waals surface area contributed by atoms with Crippen LogP contribution in [0.5, 0.6) is 0 Å². The largest absolute Gasteiger partial charge is 0.440 e. The van der Waals surface area contributed by atoms with Crippen molar-refractivity contribution in [3.63, 3.8) is 0 Å². The number of ether oxygens (including phenoxy) is 1. The summed E-state index contributed by atoms with van der Waals surface area (Å²) >= 11 is 0. The topological polar surface area (TPSA) is 58.6 Å². The van der Waals surface area contributed by atoms with Crippen molar-refractivity contribution >= 4 is 6.09 Å². The van der Waals surface area contributed by atoms with E-state index in [9.17, 15) is 4.79 Å². The second-order valence-corrected chi connectivity index (χ2v) is 2.48. The fraction of sp³-hybridized carbons (Fsp3) is 0.833. The summed E-state index contributed by atoms with van der Waals surface area (Å²) < 4.78 is 4.85. The second-order valence-electron chi connectivity index (χ2n) is 2.48. The second kappa shape index (κ2) is 2.46. The Bertz CT molecular complexity index is 142. The van der Waals surface area contributed by atoms with Crippen molar-refractivity contribution in [2.24, 2.45) is 0 Å². The molecule has 4 heteroatoms. The molecule has 0 heterocycles. The molecule has 0 atom stereocenters. The molecule has 0 aliphatic heterocycles. The minimum Gasteiger partial charge on any atom is -0.440 e. The van der Waals surface area contributed by atoms with Gasteiger partial charge in [-0.3, -0.25) is 0 Å². The molecule has 1 saturated carbocycles. The summed E-state index contributed by atoms with van der Waals surface area (Å²) in [4.78, 5) is 10.6. The van der Waals surface area contributed by atoms with Crippen molar-refractivity contribution in [3.8, 4) is 0 Å². The number of hydrogen-bond donors (Lipinski definition) is 2. The van der Waals surface area contributed by atoms with E-state index in [1.54, 1.807) is 0 Å². The van der Waals surface area contributed by atoms with Gasteiger partial charge in [0, 0.05) is 7.05 Å². The van der Waals surface area contributed by atoms with Gasteiger partial charge in [0.05, 0.1) is 6.61 Å². The van der Waals surface area contributed by atoms with Crippen molar-refractivity contribution < 1.29 is 14.6 Å². The highest BCUT2D eigenvalue weighted by Crippen LogP contribution is 2.38. The smallest absolute Gasteiger partial charge is 0.407 e. The van der Waals surface area contributed by atoms with E-state index in [1.165, 1.54) is 7.05 Å². The molecule has 1 aliphatic carbocycles. The lowest BCUT2D eigenvalue weighted by Gasteiger charge is -2.11. The van der Waals surface area contributed by atoms with Crippen molar-refractivity contribution in [1.82, 2.24) is 5.32 Å². The van der Waals surface area contributed by atoms with Gasteiger partial charge < -0.3 is 15.2 Å². The summed E-state index contributed by atoms with van der Waals surface area (Å²) in [7, 11) is 1.50. The number of nitrogens with one attached hydrogen (secondary N) is 1. The first kappa shape index (κ1) is 7.34. The lowest BCUT2D eigenvalue weighted by atomic mass is 10.4. The molecule has 0 spiro atoms. The standard InChI is InChI=1S/C6H11NO3/c1-7-5(9)10-6(4-8)2-3-6/h8H,2-4H2,1H3,(H,7,9). The van der Waals surface area contributed by atoms with Gasteiger partial charge in [0.1, 0.15) is 5.60 Å². The van der Waals surface area contributed by atoms with Gasteiger partial charge in [0.25, 0.3) is 0 Å². The summed E-state index contributed by atoms with van der Waals surface area (Å²) in [6, 6.07) is 0. The van der Waals surface area contributed by atoms with Crippen LogP contribution in [0.3, 0.4) is 0 Å². The third-order valence-corrected chi connectivity index (χ3v) is 1.61. The predicted molar refractivity (Wildman–Crippen MR) is 34.6 cm³/mol. The third-order valence-electron chi connectivity index (χ3n) is 1.61. The molecule has 2 N–H and O–H groups in total. The molecular weight excluding hydrogens is 134 g/mol. The van der Waals surface area contributed by atoms with E-state index in [0.717, 1.165) is 12.8 Å². The molecule has 1 amide bonds. The molecule has 4 nitrogen and oxygen atoms in total. The lowest BCUT2D eigenvalue weighted by Crippen LogP contribution is -2.29. The molecule has 0 bridgehead atoms. The average Bonchev–Trinajstić information content (AvgIpc) is 2.70. The van der Waals surface area contributed by atoms with Gasteiger partial charge in [-0.1, -0.05) is 0 Å². The Morgan fingerprint density at radius 3 is 2.70 bits per heavy atom. The number of carbonyl (C=O) groups is 1. The molecule has 0 aromatic heterocycles. The monoisotopic (exact) mass is 145 g/mol. The molecule has 0 saturated heterocycles. The molecular formula is C6H11NO3. The molecule has 1 rings (SSSR count). The SMILES string of the molecule is CNC(=O)OC1(CO)CC1. The Labute approximate surface area is 59.2 Å². The fourth-order valence-corrected chi connectivity index (χ4v) is 0.680. The first-order valence-electron chi connectivity index (χ1n) is 3.24. The van der Waals surface area contributed by atoms with Gasteiger partial charge in [-0.05, 0) is 12.8 Å². The Balaban J connectivity index is 2.30. The Morgan fingerprint density at radius 1 is 1.80 bits per heavy atom. The Hall–Kier alpha value is -0.770. The molecule has 58 valence electrons. The van der Waals surface area contributed by atoms with E-state index in [0.29, 0.717) is 0 Å². The highest BCUT2D eigenvalue weighted by atomic mass is 16.6. The van der Waals surface area contributed by atoms with Crippen LogP contribution in [0, 0.1) is 0 Å². The van der Waals surface area contributed by atoms with Crippen molar-refractivity contribution in [2.75, 3.05) is 13.7 Å². The van der Waals surface area contributed by atoms with E-state index in [1.807, 2.05) is 0 Å². The number of carbonyl (C=O) groups excluding carboxylic acids is 1. The highest BCUT2D eigenvalue weighted by molar-refractivity contribution is 5.67. The normalized spacial score (nSPS) is 19.8. The number of aliphatic hydroxyl groups excluding tert-OH is 1. The molecule has 1 aliphatic rings.